The van der Waals surface area contributed by atoms with Gasteiger partial charge in [-0.3, -0.25) is 14.7 Å². The van der Waals surface area contributed by atoms with Crippen LogP contribution in [0.2, 0.25) is 0 Å². The van der Waals surface area contributed by atoms with Gasteiger partial charge in [-0.15, -0.1) is 0 Å². The van der Waals surface area contributed by atoms with E-state index in [0.717, 1.165) is 49.5 Å². The number of pyridine rings is 1. The van der Waals surface area contributed by atoms with E-state index in [1.807, 2.05) is 78.9 Å². The Bertz CT molecular complexity index is 887. The molecule has 0 aliphatic carbocycles. The molecule has 1 fully saturated rings. The summed E-state index contributed by atoms with van der Waals surface area (Å²) in [5.41, 5.74) is 1.91. The van der Waals surface area contributed by atoms with E-state index in [2.05, 4.69) is 15.2 Å². The highest BCUT2D eigenvalue weighted by Crippen LogP contribution is 2.23. The molecule has 4 rings (SSSR count). The monoisotopic (exact) mass is 415 g/mol. The van der Waals surface area contributed by atoms with Crippen LogP contribution in [0.15, 0.2) is 85.1 Å². The molecule has 2 aromatic carbocycles. The van der Waals surface area contributed by atoms with E-state index in [-0.39, 0.29) is 17.9 Å². The lowest BCUT2D eigenvalue weighted by molar-refractivity contribution is -0.127. The number of aromatic nitrogens is 1. The van der Waals surface area contributed by atoms with Crippen LogP contribution < -0.4 is 10.1 Å². The van der Waals surface area contributed by atoms with Crippen LogP contribution >= 0.6 is 0 Å². The third-order valence-corrected chi connectivity index (χ3v) is 5.78. The van der Waals surface area contributed by atoms with E-state index in [9.17, 15) is 4.79 Å². The number of nitrogens with zero attached hydrogens (tertiary/aromatic N) is 2. The van der Waals surface area contributed by atoms with Crippen molar-refractivity contribution in [3.8, 4) is 5.75 Å². The highest BCUT2D eigenvalue weighted by atomic mass is 16.5. The van der Waals surface area contributed by atoms with E-state index < -0.39 is 0 Å². The minimum Gasteiger partial charge on any atom is -0.492 e. The molecule has 2 heterocycles. The number of piperidine rings is 1. The molecule has 1 unspecified atom stereocenters. The largest absolute Gasteiger partial charge is 0.492 e. The zero-order chi connectivity index (χ0) is 21.3. The molecule has 1 aliphatic heterocycles. The van der Waals surface area contributed by atoms with Crippen molar-refractivity contribution in [2.45, 2.75) is 18.9 Å². The third-order valence-electron chi connectivity index (χ3n) is 5.78. The van der Waals surface area contributed by atoms with E-state index in [1.165, 1.54) is 0 Å². The first kappa shape index (κ1) is 21.1. The van der Waals surface area contributed by atoms with Crippen LogP contribution in [-0.4, -0.2) is 42.0 Å². The van der Waals surface area contributed by atoms with Crippen LogP contribution in [0.3, 0.4) is 0 Å². The van der Waals surface area contributed by atoms with Crippen LogP contribution in [0.25, 0.3) is 0 Å². The summed E-state index contributed by atoms with van der Waals surface area (Å²) in [6, 6.07) is 25.5. The number of carbonyl (C=O) groups is 1. The zero-order valence-electron chi connectivity index (χ0n) is 17.7. The Morgan fingerprint density at radius 2 is 1.65 bits per heavy atom. The zero-order valence-corrected chi connectivity index (χ0v) is 17.7. The predicted molar refractivity (Wildman–Crippen MR) is 122 cm³/mol. The van der Waals surface area contributed by atoms with Crippen molar-refractivity contribution in [3.05, 3.63) is 96.3 Å². The van der Waals surface area contributed by atoms with Gasteiger partial charge < -0.3 is 10.1 Å². The number of carbonyl (C=O) groups excluding carboxylic acids is 1. The maximum Gasteiger partial charge on any atom is 0.224 e. The van der Waals surface area contributed by atoms with Crippen molar-refractivity contribution >= 4 is 5.91 Å². The molecule has 1 aromatic heterocycles. The molecule has 160 valence electrons. The van der Waals surface area contributed by atoms with Gasteiger partial charge in [-0.25, -0.2) is 0 Å². The first-order valence-electron chi connectivity index (χ1n) is 11.0. The smallest absolute Gasteiger partial charge is 0.224 e. The lowest BCUT2D eigenvalue weighted by atomic mass is 9.94. The maximum atomic E-state index is 13.1. The normalized spacial score (nSPS) is 15.9. The summed E-state index contributed by atoms with van der Waals surface area (Å²) in [6.07, 6.45) is 3.50. The summed E-state index contributed by atoms with van der Waals surface area (Å²) < 4.78 is 5.81. The third kappa shape index (κ3) is 5.92. The summed E-state index contributed by atoms with van der Waals surface area (Å²) in [5.74, 6) is 1.04. The van der Waals surface area contributed by atoms with Gasteiger partial charge in [0.1, 0.15) is 12.4 Å². The number of nitrogens with one attached hydrogen (secondary N) is 1. The molecule has 0 radical (unpaired) electrons. The molecule has 3 aromatic rings. The summed E-state index contributed by atoms with van der Waals surface area (Å²) in [7, 11) is 0. The molecule has 5 nitrogen and oxygen atoms in total. The van der Waals surface area contributed by atoms with E-state index >= 15 is 0 Å². The summed E-state index contributed by atoms with van der Waals surface area (Å²) in [4.78, 5) is 19.9. The van der Waals surface area contributed by atoms with E-state index in [4.69, 9.17) is 4.74 Å². The molecule has 1 N–H and O–H groups in total. The molecule has 1 atom stereocenters. The van der Waals surface area contributed by atoms with Gasteiger partial charge >= 0.3 is 0 Å². The van der Waals surface area contributed by atoms with Gasteiger partial charge in [-0.2, -0.15) is 0 Å². The van der Waals surface area contributed by atoms with Crippen molar-refractivity contribution in [1.82, 2.24) is 15.2 Å². The first-order valence-corrected chi connectivity index (χ1v) is 11.0. The predicted octanol–water partition coefficient (Wildman–Crippen LogP) is 4.08. The molecule has 1 saturated heterocycles. The molecule has 31 heavy (non-hydrogen) atoms. The molecule has 5 heteroatoms. The molecular weight excluding hydrogens is 386 g/mol. The number of para-hydroxylation sites is 1. The number of ether oxygens (including phenoxy) is 1. The Morgan fingerprint density at radius 3 is 2.32 bits per heavy atom. The van der Waals surface area contributed by atoms with Crippen LogP contribution in [-0.2, 0) is 4.79 Å². The SMILES string of the molecule is O=C(NC(c1ccccc1)c1ccccn1)C1CCN(CCOc2ccccc2)CC1. The Morgan fingerprint density at radius 1 is 0.968 bits per heavy atom. The van der Waals surface area contributed by atoms with Crippen LogP contribution in [0, 0.1) is 5.92 Å². The Kier molecular flexibility index (Phi) is 7.29. The topological polar surface area (TPSA) is 54.5 Å². The molecule has 0 saturated carbocycles. The second-order valence-electron chi connectivity index (χ2n) is 7.88. The average Bonchev–Trinajstić information content (AvgIpc) is 2.84. The number of likely N-dealkylation sites (tertiary alicyclic amines) is 1. The Labute approximate surface area is 184 Å². The minimum absolute atomic E-state index is 0.0289. The quantitative estimate of drug-likeness (QED) is 0.602. The highest BCUT2D eigenvalue weighted by molar-refractivity contribution is 5.79. The van der Waals surface area contributed by atoms with Crippen LogP contribution in [0.1, 0.15) is 30.1 Å². The van der Waals surface area contributed by atoms with Gasteiger partial charge in [0.2, 0.25) is 5.91 Å². The number of hydrogen-bond acceptors (Lipinski definition) is 4. The molecule has 1 aliphatic rings. The van der Waals surface area contributed by atoms with Crippen molar-refractivity contribution in [2.24, 2.45) is 5.92 Å². The first-order chi connectivity index (χ1) is 15.3. The summed E-state index contributed by atoms with van der Waals surface area (Å²) in [5, 5.41) is 3.25. The fourth-order valence-electron chi connectivity index (χ4n) is 4.01. The van der Waals surface area contributed by atoms with E-state index in [1.54, 1.807) is 6.20 Å². The lowest BCUT2D eigenvalue weighted by Gasteiger charge is -2.32. The van der Waals surface area contributed by atoms with Crippen molar-refractivity contribution in [2.75, 3.05) is 26.2 Å². The van der Waals surface area contributed by atoms with Gasteiger partial charge in [0.15, 0.2) is 0 Å². The van der Waals surface area contributed by atoms with Crippen LogP contribution in [0.5, 0.6) is 5.75 Å². The highest BCUT2D eigenvalue weighted by Gasteiger charge is 2.27. The maximum absolute atomic E-state index is 13.1. The number of rotatable bonds is 8. The summed E-state index contributed by atoms with van der Waals surface area (Å²) >= 11 is 0. The lowest BCUT2D eigenvalue weighted by Crippen LogP contribution is -2.42. The average molecular weight is 416 g/mol. The Balaban J connectivity index is 1.29. The fraction of sp³-hybridized carbons (Fsp3) is 0.308. The second-order valence-corrected chi connectivity index (χ2v) is 7.88. The minimum atomic E-state index is -0.229. The molecular formula is C26H29N3O2. The van der Waals surface area contributed by atoms with Crippen LogP contribution in [0.4, 0.5) is 0 Å². The van der Waals surface area contributed by atoms with Crippen molar-refractivity contribution in [1.29, 1.82) is 0 Å². The van der Waals surface area contributed by atoms with Crippen molar-refractivity contribution in [3.63, 3.8) is 0 Å². The number of benzene rings is 2. The second kappa shape index (κ2) is 10.7. The fourth-order valence-corrected chi connectivity index (χ4v) is 4.01. The van der Waals surface area contributed by atoms with Crippen molar-refractivity contribution < 1.29 is 9.53 Å². The van der Waals surface area contributed by atoms with Gasteiger partial charge in [-0.05, 0) is 55.8 Å². The van der Waals surface area contributed by atoms with Gasteiger partial charge in [0.25, 0.3) is 0 Å². The van der Waals surface area contributed by atoms with Gasteiger partial charge in [0.05, 0.1) is 11.7 Å². The molecule has 1 amide bonds. The Hall–Kier alpha value is -3.18. The van der Waals surface area contributed by atoms with Gasteiger partial charge in [-0.1, -0.05) is 54.6 Å². The molecule has 0 bridgehead atoms. The van der Waals surface area contributed by atoms with E-state index in [0.29, 0.717) is 6.61 Å². The number of hydrogen-bond donors (Lipinski definition) is 1. The standard InChI is InChI=1S/C26H29N3O2/c30-26(28-25(21-9-3-1-4-10-21)24-13-7-8-16-27-24)22-14-17-29(18-15-22)19-20-31-23-11-5-2-6-12-23/h1-13,16,22,25H,14-15,17-20H2,(H,28,30). The van der Waals surface area contributed by atoms with Gasteiger partial charge in [0, 0.05) is 18.7 Å². The summed E-state index contributed by atoms with van der Waals surface area (Å²) in [6.45, 7) is 3.37. The number of amides is 1. The molecule has 0 spiro atoms.